The normalized spacial score (nSPS) is 10.3. The molecule has 0 radical (unpaired) electrons. The number of nitrogens with zero attached hydrogens (tertiary/aromatic N) is 1. The van der Waals surface area contributed by atoms with Crippen LogP contribution in [0.4, 0.5) is 10.1 Å². The van der Waals surface area contributed by atoms with Crippen LogP contribution >= 0.6 is 15.9 Å². The van der Waals surface area contributed by atoms with E-state index in [2.05, 4.69) is 15.9 Å². The average molecular weight is 340 g/mol. The van der Waals surface area contributed by atoms with Crippen LogP contribution in [0.3, 0.4) is 0 Å². The van der Waals surface area contributed by atoms with Crippen molar-refractivity contribution in [3.05, 3.63) is 67.9 Å². The maximum absolute atomic E-state index is 13.5. The van der Waals surface area contributed by atoms with Crippen molar-refractivity contribution in [3.63, 3.8) is 0 Å². The lowest BCUT2D eigenvalue weighted by atomic mass is 10.2. The SMILES string of the molecule is Cc1ccc(Br)cc1OCc1ccc([N+](=O)[O-])c(F)c1. The lowest BCUT2D eigenvalue weighted by Crippen LogP contribution is -1.99. The first kappa shape index (κ1) is 14.5. The summed E-state index contributed by atoms with van der Waals surface area (Å²) in [6.07, 6.45) is 0. The Labute approximate surface area is 123 Å². The molecule has 0 aliphatic heterocycles. The molecule has 0 saturated heterocycles. The second-order valence-electron chi connectivity index (χ2n) is 4.24. The van der Waals surface area contributed by atoms with Crippen molar-refractivity contribution in [2.24, 2.45) is 0 Å². The molecule has 0 saturated carbocycles. The van der Waals surface area contributed by atoms with E-state index in [1.807, 2.05) is 25.1 Å². The molecule has 0 atom stereocenters. The Morgan fingerprint density at radius 2 is 2.05 bits per heavy atom. The van der Waals surface area contributed by atoms with E-state index in [1.165, 1.54) is 6.07 Å². The molecule has 2 rings (SSSR count). The predicted molar refractivity (Wildman–Crippen MR) is 76.3 cm³/mol. The molecule has 0 unspecified atom stereocenters. The van der Waals surface area contributed by atoms with Crippen molar-refractivity contribution in [3.8, 4) is 5.75 Å². The molecule has 2 aromatic rings. The van der Waals surface area contributed by atoms with Gasteiger partial charge in [-0.2, -0.15) is 4.39 Å². The quantitative estimate of drug-likeness (QED) is 0.613. The van der Waals surface area contributed by atoms with Crippen LogP contribution in [0.2, 0.25) is 0 Å². The molecule has 0 aliphatic rings. The minimum absolute atomic E-state index is 0.145. The highest BCUT2D eigenvalue weighted by Gasteiger charge is 2.14. The summed E-state index contributed by atoms with van der Waals surface area (Å²) >= 11 is 3.34. The van der Waals surface area contributed by atoms with Crippen LogP contribution in [-0.4, -0.2) is 4.92 Å². The fourth-order valence-electron chi connectivity index (χ4n) is 1.68. The highest BCUT2D eigenvalue weighted by atomic mass is 79.9. The number of hydrogen-bond donors (Lipinski definition) is 0. The van der Waals surface area contributed by atoms with E-state index in [0.717, 1.165) is 22.2 Å². The highest BCUT2D eigenvalue weighted by molar-refractivity contribution is 9.10. The van der Waals surface area contributed by atoms with Crippen LogP contribution in [0.1, 0.15) is 11.1 Å². The molecule has 0 fully saturated rings. The van der Waals surface area contributed by atoms with Gasteiger partial charge in [-0.05, 0) is 42.3 Å². The minimum atomic E-state index is -0.859. The van der Waals surface area contributed by atoms with Crippen LogP contribution in [0, 0.1) is 22.9 Å². The smallest absolute Gasteiger partial charge is 0.304 e. The Morgan fingerprint density at radius 1 is 1.30 bits per heavy atom. The summed E-state index contributed by atoms with van der Waals surface area (Å²) in [5.74, 6) is -0.180. The Morgan fingerprint density at radius 3 is 2.70 bits per heavy atom. The summed E-state index contributed by atoms with van der Waals surface area (Å²) in [4.78, 5) is 9.77. The lowest BCUT2D eigenvalue weighted by Gasteiger charge is -2.09. The van der Waals surface area contributed by atoms with E-state index in [4.69, 9.17) is 4.74 Å². The standard InChI is InChI=1S/C14H11BrFNO3/c1-9-2-4-11(15)7-14(9)20-8-10-3-5-13(17(18)19)12(16)6-10/h2-7H,8H2,1H3. The van der Waals surface area contributed by atoms with Gasteiger partial charge in [0.2, 0.25) is 5.82 Å². The largest absolute Gasteiger partial charge is 0.489 e. The second-order valence-corrected chi connectivity index (χ2v) is 5.16. The summed E-state index contributed by atoms with van der Waals surface area (Å²) in [7, 11) is 0. The van der Waals surface area contributed by atoms with Crippen molar-refractivity contribution in [1.82, 2.24) is 0 Å². The molecular weight excluding hydrogens is 329 g/mol. The zero-order valence-electron chi connectivity index (χ0n) is 10.6. The fourth-order valence-corrected chi connectivity index (χ4v) is 2.02. The summed E-state index contributed by atoms with van der Waals surface area (Å²) in [5, 5.41) is 10.5. The van der Waals surface area contributed by atoms with Crippen molar-refractivity contribution in [1.29, 1.82) is 0 Å². The first-order chi connectivity index (χ1) is 9.47. The van der Waals surface area contributed by atoms with Crippen LogP contribution < -0.4 is 4.74 Å². The summed E-state index contributed by atoms with van der Waals surface area (Å²) in [5.41, 5.74) is 0.954. The van der Waals surface area contributed by atoms with Gasteiger partial charge in [0.1, 0.15) is 12.4 Å². The maximum atomic E-state index is 13.5. The number of hydrogen-bond acceptors (Lipinski definition) is 3. The second kappa shape index (κ2) is 6.00. The van der Waals surface area contributed by atoms with Gasteiger partial charge < -0.3 is 4.74 Å². The van der Waals surface area contributed by atoms with E-state index in [9.17, 15) is 14.5 Å². The van der Waals surface area contributed by atoms with Gasteiger partial charge in [0.05, 0.1) is 4.92 Å². The topological polar surface area (TPSA) is 52.4 Å². The molecule has 2 aromatic carbocycles. The van der Waals surface area contributed by atoms with Crippen molar-refractivity contribution >= 4 is 21.6 Å². The summed E-state index contributed by atoms with van der Waals surface area (Å²) in [6, 6.07) is 9.35. The Hall–Kier alpha value is -1.95. The molecule has 0 amide bonds. The zero-order chi connectivity index (χ0) is 14.7. The monoisotopic (exact) mass is 339 g/mol. The van der Waals surface area contributed by atoms with Gasteiger partial charge in [-0.1, -0.05) is 22.0 Å². The maximum Gasteiger partial charge on any atom is 0.304 e. The molecule has 20 heavy (non-hydrogen) atoms. The highest BCUT2D eigenvalue weighted by Crippen LogP contribution is 2.24. The number of ether oxygens (including phenoxy) is 1. The van der Waals surface area contributed by atoms with Gasteiger partial charge in [0.25, 0.3) is 0 Å². The zero-order valence-corrected chi connectivity index (χ0v) is 12.2. The van der Waals surface area contributed by atoms with Crippen molar-refractivity contribution in [2.75, 3.05) is 0 Å². The van der Waals surface area contributed by atoms with Gasteiger partial charge in [0, 0.05) is 10.5 Å². The molecule has 0 N–H and O–H groups in total. The van der Waals surface area contributed by atoms with Crippen LogP contribution in [-0.2, 0) is 6.61 Å². The fraction of sp³-hybridized carbons (Fsp3) is 0.143. The third kappa shape index (κ3) is 3.33. The van der Waals surface area contributed by atoms with Crippen LogP contribution in [0.5, 0.6) is 5.75 Å². The van der Waals surface area contributed by atoms with E-state index in [1.54, 1.807) is 0 Å². The van der Waals surface area contributed by atoms with Gasteiger partial charge in [-0.3, -0.25) is 10.1 Å². The van der Waals surface area contributed by atoms with E-state index < -0.39 is 16.4 Å². The van der Waals surface area contributed by atoms with E-state index >= 15 is 0 Å². The number of rotatable bonds is 4. The lowest BCUT2D eigenvalue weighted by molar-refractivity contribution is -0.387. The Bertz CT molecular complexity index is 661. The number of halogens is 2. The predicted octanol–water partition coefficient (Wildman–Crippen LogP) is 4.38. The van der Waals surface area contributed by atoms with Crippen molar-refractivity contribution in [2.45, 2.75) is 13.5 Å². The first-order valence-electron chi connectivity index (χ1n) is 5.79. The van der Waals surface area contributed by atoms with Gasteiger partial charge in [-0.25, -0.2) is 0 Å². The molecule has 0 spiro atoms. The van der Waals surface area contributed by atoms with E-state index in [-0.39, 0.29) is 6.61 Å². The minimum Gasteiger partial charge on any atom is -0.489 e. The molecule has 0 aliphatic carbocycles. The molecule has 6 heteroatoms. The van der Waals surface area contributed by atoms with Crippen molar-refractivity contribution < 1.29 is 14.1 Å². The molecule has 0 bridgehead atoms. The van der Waals surface area contributed by atoms with Gasteiger partial charge >= 0.3 is 5.69 Å². The molecular formula is C14H11BrFNO3. The number of benzene rings is 2. The first-order valence-corrected chi connectivity index (χ1v) is 6.58. The van der Waals surface area contributed by atoms with Crippen LogP contribution in [0.25, 0.3) is 0 Å². The van der Waals surface area contributed by atoms with Crippen LogP contribution in [0.15, 0.2) is 40.9 Å². The third-order valence-electron chi connectivity index (χ3n) is 2.75. The summed E-state index contributed by atoms with van der Waals surface area (Å²) < 4.78 is 19.9. The molecule has 0 heterocycles. The number of nitro groups is 1. The number of nitro benzene ring substituents is 1. The summed E-state index contributed by atoms with van der Waals surface area (Å²) in [6.45, 7) is 2.05. The van der Waals surface area contributed by atoms with Gasteiger partial charge in [-0.15, -0.1) is 0 Å². The Balaban J connectivity index is 2.13. The van der Waals surface area contributed by atoms with Gasteiger partial charge in [0.15, 0.2) is 0 Å². The van der Waals surface area contributed by atoms with E-state index in [0.29, 0.717) is 11.3 Å². The average Bonchev–Trinajstić information content (AvgIpc) is 2.39. The third-order valence-corrected chi connectivity index (χ3v) is 3.25. The molecule has 0 aromatic heterocycles. The molecule has 104 valence electrons. The number of aryl methyl sites for hydroxylation is 1. The molecule has 4 nitrogen and oxygen atoms in total. The Kier molecular flexibility index (Phi) is 4.34.